The van der Waals surface area contributed by atoms with Gasteiger partial charge >= 0.3 is 0 Å². The first kappa shape index (κ1) is 13.8. The Morgan fingerprint density at radius 2 is 2.00 bits per heavy atom. The maximum Gasteiger partial charge on any atom is 0.0602 e. The molecule has 4 unspecified atom stereocenters. The van der Waals surface area contributed by atoms with Crippen LogP contribution in [0.1, 0.15) is 32.1 Å². The van der Waals surface area contributed by atoms with Crippen molar-refractivity contribution in [2.75, 3.05) is 33.3 Å². The Hall–Kier alpha value is -0.160. The summed E-state index contributed by atoms with van der Waals surface area (Å²) in [6, 6.07) is 1.14. The van der Waals surface area contributed by atoms with Gasteiger partial charge in [0.25, 0.3) is 0 Å². The van der Waals surface area contributed by atoms with Crippen molar-refractivity contribution in [2.24, 2.45) is 17.6 Å². The standard InChI is InChI=1S/C15H29N3O/c1-17-7-2-3-12-9-18(8-6-13(12)17)14(10-19)15(16)11-4-5-11/h11-15,19H,2-10,16H2,1H3. The number of hydrogen-bond donors (Lipinski definition) is 2. The summed E-state index contributed by atoms with van der Waals surface area (Å²) in [7, 11) is 2.27. The summed E-state index contributed by atoms with van der Waals surface area (Å²) < 4.78 is 0. The van der Waals surface area contributed by atoms with Crippen molar-refractivity contribution in [3.05, 3.63) is 0 Å². The average molecular weight is 267 g/mol. The number of hydrogen-bond acceptors (Lipinski definition) is 4. The molecule has 3 rings (SSSR count). The van der Waals surface area contributed by atoms with Crippen LogP contribution in [-0.2, 0) is 0 Å². The van der Waals surface area contributed by atoms with Crippen molar-refractivity contribution >= 4 is 0 Å². The van der Waals surface area contributed by atoms with Gasteiger partial charge in [0.05, 0.1) is 6.61 Å². The molecule has 0 bridgehead atoms. The van der Waals surface area contributed by atoms with Crippen LogP contribution >= 0.6 is 0 Å². The molecule has 19 heavy (non-hydrogen) atoms. The molecular formula is C15H29N3O. The first-order valence-corrected chi connectivity index (χ1v) is 8.01. The van der Waals surface area contributed by atoms with Crippen LogP contribution in [0, 0.1) is 11.8 Å². The van der Waals surface area contributed by atoms with E-state index in [1.807, 2.05) is 0 Å². The molecule has 0 aromatic heterocycles. The molecule has 0 amide bonds. The second kappa shape index (κ2) is 5.68. The van der Waals surface area contributed by atoms with E-state index in [1.165, 1.54) is 38.6 Å². The molecule has 0 radical (unpaired) electrons. The average Bonchev–Trinajstić information content (AvgIpc) is 3.24. The minimum absolute atomic E-state index is 0.183. The predicted molar refractivity (Wildman–Crippen MR) is 76.9 cm³/mol. The molecular weight excluding hydrogens is 238 g/mol. The number of fused-ring (bicyclic) bond motifs is 1. The van der Waals surface area contributed by atoms with Gasteiger partial charge in [-0.3, -0.25) is 4.90 Å². The molecule has 2 aliphatic heterocycles. The van der Waals surface area contributed by atoms with Gasteiger partial charge in [0, 0.05) is 31.2 Å². The number of aliphatic hydroxyl groups excluding tert-OH is 1. The van der Waals surface area contributed by atoms with Gasteiger partial charge in [-0.05, 0) is 57.5 Å². The van der Waals surface area contributed by atoms with Crippen LogP contribution in [-0.4, -0.2) is 66.3 Å². The second-order valence-electron chi connectivity index (χ2n) is 6.90. The number of nitrogens with zero attached hydrogens (tertiary/aromatic N) is 2. The number of nitrogens with two attached hydrogens (primary N) is 1. The van der Waals surface area contributed by atoms with E-state index in [0.717, 1.165) is 25.0 Å². The quantitative estimate of drug-likeness (QED) is 0.779. The van der Waals surface area contributed by atoms with E-state index in [1.54, 1.807) is 0 Å². The topological polar surface area (TPSA) is 52.7 Å². The Bertz CT molecular complexity index is 308. The Morgan fingerprint density at radius 3 is 2.68 bits per heavy atom. The van der Waals surface area contributed by atoms with E-state index in [2.05, 4.69) is 16.8 Å². The molecule has 3 aliphatic rings. The van der Waals surface area contributed by atoms with Crippen LogP contribution < -0.4 is 5.73 Å². The fourth-order valence-corrected chi connectivity index (χ4v) is 4.26. The number of rotatable bonds is 4. The van der Waals surface area contributed by atoms with Gasteiger partial charge < -0.3 is 15.7 Å². The molecule has 1 saturated carbocycles. The van der Waals surface area contributed by atoms with E-state index in [0.29, 0.717) is 5.92 Å². The highest BCUT2D eigenvalue weighted by Gasteiger charge is 2.41. The van der Waals surface area contributed by atoms with Crippen molar-refractivity contribution in [3.63, 3.8) is 0 Å². The highest BCUT2D eigenvalue weighted by molar-refractivity contribution is 4.97. The highest BCUT2D eigenvalue weighted by Crippen LogP contribution is 2.36. The third-order valence-electron chi connectivity index (χ3n) is 5.64. The molecule has 110 valence electrons. The Balaban J connectivity index is 1.62. The zero-order valence-corrected chi connectivity index (χ0v) is 12.2. The van der Waals surface area contributed by atoms with E-state index in [9.17, 15) is 5.11 Å². The smallest absolute Gasteiger partial charge is 0.0602 e. The van der Waals surface area contributed by atoms with E-state index < -0.39 is 0 Å². The molecule has 0 spiro atoms. The lowest BCUT2D eigenvalue weighted by Crippen LogP contribution is -2.59. The highest BCUT2D eigenvalue weighted by atomic mass is 16.3. The van der Waals surface area contributed by atoms with Gasteiger partial charge in [-0.2, -0.15) is 0 Å². The predicted octanol–water partition coefficient (Wildman–Crippen LogP) is 0.501. The third-order valence-corrected chi connectivity index (χ3v) is 5.64. The summed E-state index contributed by atoms with van der Waals surface area (Å²) >= 11 is 0. The summed E-state index contributed by atoms with van der Waals surface area (Å²) in [5.74, 6) is 1.46. The molecule has 4 nitrogen and oxygen atoms in total. The Morgan fingerprint density at radius 1 is 1.21 bits per heavy atom. The monoisotopic (exact) mass is 267 g/mol. The van der Waals surface area contributed by atoms with E-state index in [-0.39, 0.29) is 18.7 Å². The fraction of sp³-hybridized carbons (Fsp3) is 1.00. The maximum absolute atomic E-state index is 9.74. The minimum atomic E-state index is 0.183. The molecule has 3 fully saturated rings. The van der Waals surface area contributed by atoms with Crippen LogP contribution in [0.2, 0.25) is 0 Å². The normalized spacial score (nSPS) is 36.8. The zero-order chi connectivity index (χ0) is 13.4. The SMILES string of the molecule is CN1CCCC2CN(C(CO)C(N)C3CC3)CCC21. The van der Waals surface area contributed by atoms with Crippen LogP contribution in [0.5, 0.6) is 0 Å². The van der Waals surface area contributed by atoms with Gasteiger partial charge in [-0.15, -0.1) is 0 Å². The second-order valence-corrected chi connectivity index (χ2v) is 6.90. The molecule has 2 heterocycles. The van der Waals surface area contributed by atoms with Crippen molar-refractivity contribution in [3.8, 4) is 0 Å². The summed E-state index contributed by atoms with van der Waals surface area (Å²) in [4.78, 5) is 5.03. The van der Waals surface area contributed by atoms with Crippen molar-refractivity contribution in [1.82, 2.24) is 9.80 Å². The van der Waals surface area contributed by atoms with Gasteiger partial charge in [0.1, 0.15) is 0 Å². The van der Waals surface area contributed by atoms with Crippen LogP contribution in [0.15, 0.2) is 0 Å². The number of aliphatic hydroxyl groups is 1. The fourth-order valence-electron chi connectivity index (χ4n) is 4.26. The molecule has 3 N–H and O–H groups in total. The molecule has 0 aromatic carbocycles. The number of piperidine rings is 2. The summed E-state index contributed by atoms with van der Waals surface area (Å²) in [5, 5.41) is 9.74. The van der Waals surface area contributed by atoms with Crippen molar-refractivity contribution < 1.29 is 5.11 Å². The third kappa shape index (κ3) is 2.82. The summed E-state index contributed by atoms with van der Waals surface area (Å²) in [5.41, 5.74) is 6.35. The lowest BCUT2D eigenvalue weighted by atomic mass is 9.83. The van der Waals surface area contributed by atoms with Crippen molar-refractivity contribution in [2.45, 2.75) is 50.2 Å². The summed E-state index contributed by atoms with van der Waals surface area (Å²) in [6.45, 7) is 3.73. The minimum Gasteiger partial charge on any atom is -0.395 e. The first-order chi connectivity index (χ1) is 9.20. The lowest BCUT2D eigenvalue weighted by Gasteiger charge is -2.48. The van der Waals surface area contributed by atoms with Crippen LogP contribution in [0.25, 0.3) is 0 Å². The maximum atomic E-state index is 9.74. The summed E-state index contributed by atoms with van der Waals surface area (Å²) in [6.07, 6.45) is 6.45. The van der Waals surface area contributed by atoms with Gasteiger partial charge in [0.2, 0.25) is 0 Å². The molecule has 2 saturated heterocycles. The van der Waals surface area contributed by atoms with Crippen LogP contribution in [0.4, 0.5) is 0 Å². The Labute approximate surface area is 116 Å². The molecule has 1 aliphatic carbocycles. The van der Waals surface area contributed by atoms with Crippen LogP contribution in [0.3, 0.4) is 0 Å². The Kier molecular flexibility index (Phi) is 4.13. The molecule has 4 atom stereocenters. The van der Waals surface area contributed by atoms with E-state index >= 15 is 0 Å². The lowest BCUT2D eigenvalue weighted by molar-refractivity contribution is -0.000794. The molecule has 4 heteroatoms. The van der Waals surface area contributed by atoms with Crippen molar-refractivity contribution in [1.29, 1.82) is 0 Å². The van der Waals surface area contributed by atoms with E-state index in [4.69, 9.17) is 5.73 Å². The van der Waals surface area contributed by atoms with Gasteiger partial charge in [0.15, 0.2) is 0 Å². The number of likely N-dealkylation sites (tertiary alicyclic amines) is 2. The largest absolute Gasteiger partial charge is 0.395 e. The first-order valence-electron chi connectivity index (χ1n) is 8.01. The molecule has 0 aromatic rings. The van der Waals surface area contributed by atoms with Gasteiger partial charge in [-0.1, -0.05) is 0 Å². The van der Waals surface area contributed by atoms with Gasteiger partial charge in [-0.25, -0.2) is 0 Å². The zero-order valence-electron chi connectivity index (χ0n) is 12.2.